The minimum Gasteiger partial charge on any atom is -0.327 e. The quantitative estimate of drug-likeness (QED) is 0.459. The van der Waals surface area contributed by atoms with Gasteiger partial charge in [0.15, 0.2) is 0 Å². The fraction of sp³-hybridized carbons (Fsp3) is 0.111. The van der Waals surface area contributed by atoms with Gasteiger partial charge in [0.05, 0.1) is 0 Å². The normalized spacial score (nSPS) is 10.5. The first-order valence-corrected chi connectivity index (χ1v) is 3.80. The van der Waals surface area contributed by atoms with E-state index in [4.69, 9.17) is 11.6 Å². The molecule has 0 heterocycles. The molecule has 0 saturated heterocycles. The van der Waals surface area contributed by atoms with Gasteiger partial charge in [0.25, 0.3) is 0 Å². The van der Waals surface area contributed by atoms with E-state index < -0.39 is 0 Å². The molecule has 0 saturated carbocycles. The summed E-state index contributed by atoms with van der Waals surface area (Å²) in [5, 5.41) is 0. The third-order valence-corrected chi connectivity index (χ3v) is 1.52. The summed E-state index contributed by atoms with van der Waals surface area (Å²) in [5.41, 5.74) is 9.90. The summed E-state index contributed by atoms with van der Waals surface area (Å²) >= 11 is 0. The molecule has 5 N–H and O–H groups in total. The molecule has 1 rings (SSSR count). The Hall–Kier alpha value is -1.32. The molecule has 0 radical (unpaired) electrons. The van der Waals surface area contributed by atoms with E-state index in [0.717, 1.165) is 11.3 Å². The molecule has 3 heteroatoms. The van der Waals surface area contributed by atoms with Gasteiger partial charge in [0, 0.05) is 12.2 Å². The summed E-state index contributed by atoms with van der Waals surface area (Å²) in [5.74, 6) is 5.21. The van der Waals surface area contributed by atoms with Crippen LogP contribution in [0.3, 0.4) is 0 Å². The molecule has 1 aromatic carbocycles. The highest BCUT2D eigenvalue weighted by Crippen LogP contribution is 2.08. The summed E-state index contributed by atoms with van der Waals surface area (Å²) in [6.07, 6.45) is 3.88. The van der Waals surface area contributed by atoms with Crippen molar-refractivity contribution in [2.24, 2.45) is 11.6 Å². The Morgan fingerprint density at radius 2 is 1.92 bits per heavy atom. The number of nitrogens with one attached hydrogen (secondary N) is 1. The maximum absolute atomic E-state index is 5.31. The van der Waals surface area contributed by atoms with Crippen molar-refractivity contribution in [3.05, 3.63) is 35.9 Å². The van der Waals surface area contributed by atoms with Gasteiger partial charge in [-0.3, -0.25) is 5.84 Å². The second-order valence-electron chi connectivity index (χ2n) is 2.40. The van der Waals surface area contributed by atoms with Crippen molar-refractivity contribution in [1.82, 2.24) is 0 Å². The lowest BCUT2D eigenvalue weighted by atomic mass is 10.2. The van der Waals surface area contributed by atoms with Crippen LogP contribution in [-0.4, -0.2) is 6.54 Å². The Kier molecular flexibility index (Phi) is 3.32. The zero-order valence-electron chi connectivity index (χ0n) is 6.83. The highest BCUT2D eigenvalue weighted by molar-refractivity contribution is 5.54. The maximum Gasteiger partial charge on any atom is 0.0485 e. The van der Waals surface area contributed by atoms with Crippen LogP contribution in [-0.2, 0) is 0 Å². The van der Waals surface area contributed by atoms with Gasteiger partial charge in [0.2, 0.25) is 0 Å². The van der Waals surface area contributed by atoms with E-state index >= 15 is 0 Å². The highest BCUT2D eigenvalue weighted by atomic mass is 15.2. The van der Waals surface area contributed by atoms with Crippen molar-refractivity contribution in [3.63, 3.8) is 0 Å². The third kappa shape index (κ3) is 2.38. The van der Waals surface area contributed by atoms with E-state index in [1.54, 1.807) is 0 Å². The van der Waals surface area contributed by atoms with Gasteiger partial charge in [-0.15, -0.1) is 0 Å². The number of benzene rings is 1. The van der Waals surface area contributed by atoms with Gasteiger partial charge in [-0.2, -0.15) is 0 Å². The number of anilines is 1. The van der Waals surface area contributed by atoms with Gasteiger partial charge in [-0.25, -0.2) is 0 Å². The van der Waals surface area contributed by atoms with Gasteiger partial charge in [-0.05, 0) is 17.7 Å². The van der Waals surface area contributed by atoms with Crippen LogP contribution in [0.15, 0.2) is 30.3 Å². The molecular formula is C9H13N3. The molecule has 0 aliphatic heterocycles. The fourth-order valence-electron chi connectivity index (χ4n) is 0.895. The van der Waals surface area contributed by atoms with Crippen molar-refractivity contribution in [2.45, 2.75) is 0 Å². The first-order chi connectivity index (χ1) is 5.86. The third-order valence-electron chi connectivity index (χ3n) is 1.52. The summed E-state index contributed by atoms with van der Waals surface area (Å²) in [4.78, 5) is 0. The molecule has 12 heavy (non-hydrogen) atoms. The molecule has 0 fully saturated rings. The smallest absolute Gasteiger partial charge is 0.0485 e. The molecule has 0 aromatic heterocycles. The lowest BCUT2D eigenvalue weighted by molar-refractivity contribution is 1.26. The Labute approximate surface area is 72.0 Å². The minimum absolute atomic E-state index is 0.566. The number of rotatable bonds is 3. The van der Waals surface area contributed by atoms with Gasteiger partial charge < -0.3 is 11.2 Å². The number of hydrogen-bond donors (Lipinski definition) is 3. The van der Waals surface area contributed by atoms with Crippen molar-refractivity contribution >= 4 is 11.8 Å². The van der Waals surface area contributed by atoms with Crippen LogP contribution >= 0.6 is 0 Å². The van der Waals surface area contributed by atoms with E-state index in [-0.39, 0.29) is 0 Å². The molecular weight excluding hydrogens is 150 g/mol. The Balaban J connectivity index is 2.71. The Morgan fingerprint density at radius 3 is 2.42 bits per heavy atom. The van der Waals surface area contributed by atoms with Crippen LogP contribution in [0.4, 0.5) is 5.69 Å². The van der Waals surface area contributed by atoms with Crippen molar-refractivity contribution in [1.29, 1.82) is 0 Å². The molecule has 0 amide bonds. The lowest BCUT2D eigenvalue weighted by Gasteiger charge is -1.98. The molecule has 0 atom stereocenters. The zero-order valence-corrected chi connectivity index (χ0v) is 6.83. The monoisotopic (exact) mass is 163 g/mol. The summed E-state index contributed by atoms with van der Waals surface area (Å²) in [6, 6.07) is 7.77. The number of nitrogen functional groups attached to an aromatic ring is 1. The lowest BCUT2D eigenvalue weighted by Crippen LogP contribution is -2.05. The van der Waals surface area contributed by atoms with E-state index in [1.165, 1.54) is 0 Å². The van der Waals surface area contributed by atoms with Crippen molar-refractivity contribution < 1.29 is 0 Å². The largest absolute Gasteiger partial charge is 0.327 e. The van der Waals surface area contributed by atoms with Crippen LogP contribution in [0.2, 0.25) is 0 Å². The van der Waals surface area contributed by atoms with E-state index in [2.05, 4.69) is 5.43 Å². The first-order valence-electron chi connectivity index (χ1n) is 3.80. The Bertz CT molecular complexity index is 251. The highest BCUT2D eigenvalue weighted by Gasteiger charge is 1.87. The van der Waals surface area contributed by atoms with Crippen molar-refractivity contribution in [2.75, 3.05) is 12.0 Å². The fourth-order valence-corrected chi connectivity index (χ4v) is 0.895. The topological polar surface area (TPSA) is 64.1 Å². The second kappa shape index (κ2) is 4.54. The van der Waals surface area contributed by atoms with Crippen LogP contribution < -0.4 is 17.0 Å². The molecule has 0 unspecified atom stereocenters. The SMILES string of the molecule is NCC=Cc1ccc(NN)cc1. The van der Waals surface area contributed by atoms with E-state index in [1.807, 2.05) is 36.4 Å². The number of hydrazine groups is 1. The van der Waals surface area contributed by atoms with E-state index in [0.29, 0.717) is 6.54 Å². The standard InChI is InChI=1S/C9H13N3/c10-7-1-2-8-3-5-9(12-11)6-4-8/h1-6,12H,7,10-11H2. The van der Waals surface area contributed by atoms with Gasteiger partial charge in [-0.1, -0.05) is 24.3 Å². The number of nitrogens with two attached hydrogens (primary N) is 2. The van der Waals surface area contributed by atoms with Crippen LogP contribution in [0, 0.1) is 0 Å². The molecule has 0 aliphatic rings. The van der Waals surface area contributed by atoms with Gasteiger partial charge in [0.1, 0.15) is 0 Å². The molecule has 0 spiro atoms. The molecule has 1 aromatic rings. The summed E-state index contributed by atoms with van der Waals surface area (Å²) in [6.45, 7) is 0.566. The maximum atomic E-state index is 5.31. The second-order valence-corrected chi connectivity index (χ2v) is 2.40. The zero-order chi connectivity index (χ0) is 8.81. The van der Waals surface area contributed by atoms with E-state index in [9.17, 15) is 0 Å². The average Bonchev–Trinajstić information content (AvgIpc) is 2.15. The van der Waals surface area contributed by atoms with Crippen LogP contribution in [0.25, 0.3) is 6.08 Å². The molecule has 0 aliphatic carbocycles. The summed E-state index contributed by atoms with van der Waals surface area (Å²) < 4.78 is 0. The van der Waals surface area contributed by atoms with Crippen molar-refractivity contribution in [3.8, 4) is 0 Å². The minimum atomic E-state index is 0.566. The molecule has 64 valence electrons. The van der Waals surface area contributed by atoms with Crippen LogP contribution in [0.5, 0.6) is 0 Å². The molecule has 0 bridgehead atoms. The van der Waals surface area contributed by atoms with Gasteiger partial charge >= 0.3 is 0 Å². The Morgan fingerprint density at radius 1 is 1.25 bits per heavy atom. The average molecular weight is 163 g/mol. The predicted octanol–water partition coefficient (Wildman–Crippen LogP) is 0.944. The molecule has 3 nitrogen and oxygen atoms in total. The first kappa shape index (κ1) is 8.77. The predicted molar refractivity (Wildman–Crippen MR) is 52.3 cm³/mol. The number of hydrogen-bond acceptors (Lipinski definition) is 3. The summed E-state index contributed by atoms with van der Waals surface area (Å²) in [7, 11) is 0. The van der Waals surface area contributed by atoms with Crippen LogP contribution in [0.1, 0.15) is 5.56 Å².